The molecule has 0 unspecified atom stereocenters. The topological polar surface area (TPSA) is 84.6 Å². The van der Waals surface area contributed by atoms with Crippen molar-refractivity contribution in [3.05, 3.63) is 53.0 Å². The number of allylic oxidation sites excluding steroid dienone is 2. The van der Waals surface area contributed by atoms with Crippen molar-refractivity contribution in [1.82, 2.24) is 19.5 Å². The monoisotopic (exact) mass is 389 g/mol. The number of fused-ring (bicyclic) bond motifs is 2. The Labute approximate surface area is 170 Å². The first-order valence-corrected chi connectivity index (χ1v) is 9.78. The molecule has 3 aromatic rings. The van der Waals surface area contributed by atoms with Gasteiger partial charge < -0.3 is 15.2 Å². The van der Waals surface area contributed by atoms with E-state index in [4.69, 9.17) is 10.4 Å². The predicted octanol–water partition coefficient (Wildman–Crippen LogP) is 3.81. The summed E-state index contributed by atoms with van der Waals surface area (Å²) in [7, 11) is 4.09. The highest BCUT2D eigenvalue weighted by Crippen LogP contribution is 2.33. The summed E-state index contributed by atoms with van der Waals surface area (Å²) in [5, 5.41) is 16.9. The van der Waals surface area contributed by atoms with Gasteiger partial charge in [0.15, 0.2) is 5.82 Å². The smallest absolute Gasteiger partial charge is 0.175 e. The Balaban J connectivity index is 1.80. The third-order valence-electron chi connectivity index (χ3n) is 5.35. The molecule has 0 saturated carbocycles. The second-order valence-corrected chi connectivity index (χ2v) is 7.78. The molecule has 0 amide bonds. The second-order valence-electron chi connectivity index (χ2n) is 7.78. The second kappa shape index (κ2) is 7.33. The molecule has 7 heteroatoms. The van der Waals surface area contributed by atoms with E-state index in [-0.39, 0.29) is 0 Å². The Hall–Kier alpha value is -3.19. The lowest BCUT2D eigenvalue weighted by molar-refractivity contribution is 0.425. The lowest BCUT2D eigenvalue weighted by Crippen LogP contribution is -2.21. The molecule has 150 valence electrons. The fourth-order valence-corrected chi connectivity index (χ4v) is 3.63. The number of H-pyrrole nitrogens is 1. The number of aromatic nitrogens is 3. The van der Waals surface area contributed by atoms with E-state index in [9.17, 15) is 0 Å². The Morgan fingerprint density at radius 3 is 2.79 bits per heavy atom. The van der Waals surface area contributed by atoms with Gasteiger partial charge in [-0.15, -0.1) is 5.10 Å². The summed E-state index contributed by atoms with van der Waals surface area (Å²) < 4.78 is 1.83. The fraction of sp³-hybridized carbons (Fsp3) is 0.318. The maximum atomic E-state index is 8.80. The number of aliphatic imine (C=N–C) groups is 1. The molecule has 3 N–H and O–H groups in total. The van der Waals surface area contributed by atoms with E-state index < -0.39 is 0 Å². The van der Waals surface area contributed by atoms with Gasteiger partial charge in [-0.05, 0) is 64.2 Å². The summed E-state index contributed by atoms with van der Waals surface area (Å²) >= 11 is 0. The Morgan fingerprint density at radius 2 is 2.03 bits per heavy atom. The number of anilines is 1. The van der Waals surface area contributed by atoms with Gasteiger partial charge in [0.05, 0.1) is 22.6 Å². The van der Waals surface area contributed by atoms with E-state index in [1.54, 1.807) is 0 Å². The van der Waals surface area contributed by atoms with Gasteiger partial charge in [0.2, 0.25) is 0 Å². The molecule has 0 atom stereocenters. The Bertz CT molecular complexity index is 1160. The van der Waals surface area contributed by atoms with Crippen molar-refractivity contribution in [3.63, 3.8) is 0 Å². The van der Waals surface area contributed by atoms with Crippen LogP contribution in [0.4, 0.5) is 11.5 Å². The highest BCUT2D eigenvalue weighted by molar-refractivity contribution is 6.54. The van der Waals surface area contributed by atoms with Crippen molar-refractivity contribution < 1.29 is 0 Å². The summed E-state index contributed by atoms with van der Waals surface area (Å²) in [5.74, 6) is 0.733. The summed E-state index contributed by atoms with van der Waals surface area (Å²) in [6, 6.07) is 5.93. The molecule has 3 aromatic heterocycles. The average Bonchev–Trinajstić information content (AvgIpc) is 3.17. The summed E-state index contributed by atoms with van der Waals surface area (Å²) in [4.78, 5) is 10.5. The molecule has 0 bridgehead atoms. The lowest BCUT2D eigenvalue weighted by Gasteiger charge is -2.15. The minimum atomic E-state index is 0.446. The van der Waals surface area contributed by atoms with Gasteiger partial charge in [0, 0.05) is 30.5 Å². The highest BCUT2D eigenvalue weighted by Gasteiger charge is 2.25. The minimum absolute atomic E-state index is 0.446. The zero-order valence-corrected chi connectivity index (χ0v) is 17.6. The summed E-state index contributed by atoms with van der Waals surface area (Å²) in [6.07, 6.45) is 3.90. The van der Waals surface area contributed by atoms with Gasteiger partial charge in [-0.2, -0.15) is 0 Å². The highest BCUT2D eigenvalue weighted by atomic mass is 15.3. The SMILES string of the molecule is CC1=CC(=Nc2c(NCCN(C)C)nn3ccccc23)C(=N)c2c1[nH]c(C)c2C. The molecule has 1 aliphatic carbocycles. The van der Waals surface area contributed by atoms with Crippen LogP contribution in [0.15, 0.2) is 35.5 Å². The number of rotatable bonds is 5. The third-order valence-corrected chi connectivity index (χ3v) is 5.35. The molecule has 0 aromatic carbocycles. The zero-order chi connectivity index (χ0) is 20.7. The van der Waals surface area contributed by atoms with Crippen LogP contribution in [0.2, 0.25) is 0 Å². The number of hydrogen-bond donors (Lipinski definition) is 3. The minimum Gasteiger partial charge on any atom is -0.365 e. The Morgan fingerprint density at radius 1 is 1.24 bits per heavy atom. The molecule has 1 aliphatic rings. The van der Waals surface area contributed by atoms with E-state index in [0.717, 1.165) is 58.2 Å². The average molecular weight is 390 g/mol. The largest absolute Gasteiger partial charge is 0.365 e. The maximum absolute atomic E-state index is 8.80. The van der Waals surface area contributed by atoms with Crippen LogP contribution >= 0.6 is 0 Å². The number of aromatic amines is 1. The first-order valence-electron chi connectivity index (χ1n) is 9.78. The van der Waals surface area contributed by atoms with E-state index >= 15 is 0 Å². The van der Waals surface area contributed by atoms with Crippen LogP contribution in [-0.2, 0) is 0 Å². The molecular weight excluding hydrogens is 362 g/mol. The summed E-state index contributed by atoms with van der Waals surface area (Å²) in [6.45, 7) is 7.82. The standard InChI is InChI=1S/C22H27N7/c1-13-12-16(19(23)18-14(2)15(3)25-20(13)18)26-21-17-8-6-7-10-29(17)27-22(21)24-9-11-28(4)5/h6-8,10,12,23,25H,9,11H2,1-5H3,(H,24,27). The van der Waals surface area contributed by atoms with Crippen molar-refractivity contribution in [1.29, 1.82) is 5.41 Å². The van der Waals surface area contributed by atoms with Crippen molar-refractivity contribution in [3.8, 4) is 0 Å². The van der Waals surface area contributed by atoms with Crippen LogP contribution in [0.5, 0.6) is 0 Å². The van der Waals surface area contributed by atoms with E-state index in [1.807, 2.05) is 56.0 Å². The number of likely N-dealkylation sites (N-methyl/N-ethyl adjacent to an activating group) is 1. The van der Waals surface area contributed by atoms with Crippen LogP contribution in [-0.4, -0.2) is 58.1 Å². The third kappa shape index (κ3) is 3.38. The normalized spacial score (nSPS) is 15.3. The maximum Gasteiger partial charge on any atom is 0.175 e. The molecular formula is C22H27N7. The predicted molar refractivity (Wildman–Crippen MR) is 120 cm³/mol. The number of aryl methyl sites for hydroxylation is 1. The van der Waals surface area contributed by atoms with Crippen molar-refractivity contribution >= 4 is 34.0 Å². The van der Waals surface area contributed by atoms with Crippen molar-refractivity contribution in [2.24, 2.45) is 4.99 Å². The van der Waals surface area contributed by atoms with Crippen molar-refractivity contribution in [2.75, 3.05) is 32.5 Å². The van der Waals surface area contributed by atoms with Crippen LogP contribution in [0, 0.1) is 19.3 Å². The van der Waals surface area contributed by atoms with Gasteiger partial charge in [0.1, 0.15) is 5.69 Å². The van der Waals surface area contributed by atoms with Crippen LogP contribution in [0.25, 0.3) is 11.1 Å². The first-order chi connectivity index (χ1) is 13.9. The molecule has 0 fully saturated rings. The number of nitrogens with one attached hydrogen (secondary N) is 3. The van der Waals surface area contributed by atoms with Gasteiger partial charge in [-0.3, -0.25) is 5.41 Å². The van der Waals surface area contributed by atoms with Gasteiger partial charge in [-0.1, -0.05) is 6.07 Å². The molecule has 3 heterocycles. The van der Waals surface area contributed by atoms with Crippen LogP contribution in [0.3, 0.4) is 0 Å². The molecule has 0 radical (unpaired) electrons. The quantitative estimate of drug-likeness (QED) is 0.620. The molecule has 0 spiro atoms. The van der Waals surface area contributed by atoms with Gasteiger partial charge in [-0.25, -0.2) is 9.51 Å². The van der Waals surface area contributed by atoms with Crippen LogP contribution < -0.4 is 5.32 Å². The summed E-state index contributed by atoms with van der Waals surface area (Å²) in [5.41, 5.74) is 8.04. The number of pyridine rings is 1. The van der Waals surface area contributed by atoms with Gasteiger partial charge >= 0.3 is 0 Å². The number of hydrogen-bond acceptors (Lipinski definition) is 5. The van der Waals surface area contributed by atoms with Crippen LogP contribution in [0.1, 0.15) is 29.4 Å². The zero-order valence-electron chi connectivity index (χ0n) is 17.6. The molecule has 0 saturated heterocycles. The van der Waals surface area contributed by atoms with E-state index in [2.05, 4.69) is 34.1 Å². The Kier molecular flexibility index (Phi) is 4.84. The fourth-order valence-electron chi connectivity index (χ4n) is 3.63. The van der Waals surface area contributed by atoms with E-state index in [0.29, 0.717) is 11.4 Å². The first kappa shape index (κ1) is 19.1. The molecule has 29 heavy (non-hydrogen) atoms. The van der Waals surface area contributed by atoms with Crippen molar-refractivity contribution in [2.45, 2.75) is 20.8 Å². The molecule has 7 nitrogen and oxygen atoms in total. The van der Waals surface area contributed by atoms with Gasteiger partial charge in [0.25, 0.3) is 0 Å². The molecule has 0 aliphatic heterocycles. The van der Waals surface area contributed by atoms with E-state index in [1.165, 1.54) is 0 Å². The number of nitrogens with zero attached hydrogens (tertiary/aromatic N) is 4. The molecule has 4 rings (SSSR count). The lowest BCUT2D eigenvalue weighted by atomic mass is 9.92.